The molecule has 1 aromatic heterocycles. The van der Waals surface area contributed by atoms with E-state index in [0.717, 1.165) is 31.9 Å². The molecule has 1 saturated heterocycles. The zero-order valence-corrected chi connectivity index (χ0v) is 13.9. The van der Waals surface area contributed by atoms with Crippen molar-refractivity contribution >= 4 is 27.9 Å². The van der Waals surface area contributed by atoms with Crippen molar-refractivity contribution in [2.24, 2.45) is 0 Å². The lowest BCUT2D eigenvalue weighted by Gasteiger charge is -2.33. The maximum atomic E-state index is 13.0. The number of halogens is 1. The van der Waals surface area contributed by atoms with Gasteiger partial charge < -0.3 is 15.1 Å². The molecule has 1 amide bonds. The molecule has 0 saturated carbocycles. The standard InChI is InChI=1S/C17H17FN4OS/c18-14-1-3-15(4-2-14)22-8-6-21(7-9-22)12-16(23)20-17-13(11-19)5-10-24-17/h1-5,10H,6-9,12H2,(H,20,23)/p+1. The van der Waals surface area contributed by atoms with Crippen molar-refractivity contribution in [1.82, 2.24) is 0 Å². The number of carbonyl (C=O) groups excluding carboxylic acids is 1. The fourth-order valence-electron chi connectivity index (χ4n) is 2.80. The third-order valence-electron chi connectivity index (χ3n) is 4.11. The minimum absolute atomic E-state index is 0.0702. The Kier molecular flexibility index (Phi) is 5.08. The van der Waals surface area contributed by atoms with Crippen LogP contribution in [0.3, 0.4) is 0 Å². The van der Waals surface area contributed by atoms with Crippen LogP contribution in [0.2, 0.25) is 0 Å². The van der Waals surface area contributed by atoms with Crippen molar-refractivity contribution in [2.45, 2.75) is 0 Å². The van der Waals surface area contributed by atoms with E-state index in [0.29, 0.717) is 17.1 Å². The highest BCUT2D eigenvalue weighted by atomic mass is 32.1. The van der Waals surface area contributed by atoms with Crippen molar-refractivity contribution in [1.29, 1.82) is 5.26 Å². The van der Waals surface area contributed by atoms with E-state index in [2.05, 4.69) is 16.3 Å². The van der Waals surface area contributed by atoms with Crippen LogP contribution < -0.4 is 15.1 Å². The summed E-state index contributed by atoms with van der Waals surface area (Å²) in [4.78, 5) is 15.6. The van der Waals surface area contributed by atoms with Crippen molar-refractivity contribution < 1.29 is 14.1 Å². The molecule has 3 rings (SSSR count). The molecule has 0 aliphatic carbocycles. The van der Waals surface area contributed by atoms with E-state index < -0.39 is 0 Å². The molecule has 124 valence electrons. The van der Waals surface area contributed by atoms with Crippen molar-refractivity contribution in [3.8, 4) is 6.07 Å². The Morgan fingerprint density at radius 1 is 1.29 bits per heavy atom. The molecule has 0 radical (unpaired) electrons. The predicted molar refractivity (Wildman–Crippen MR) is 91.8 cm³/mol. The number of hydrogen-bond acceptors (Lipinski definition) is 4. The van der Waals surface area contributed by atoms with Gasteiger partial charge >= 0.3 is 0 Å². The number of piperazine rings is 1. The van der Waals surface area contributed by atoms with Crippen LogP contribution in [0, 0.1) is 17.1 Å². The third-order valence-corrected chi connectivity index (χ3v) is 4.94. The Morgan fingerprint density at radius 2 is 2.00 bits per heavy atom. The molecule has 24 heavy (non-hydrogen) atoms. The number of carbonyl (C=O) groups is 1. The SMILES string of the molecule is N#Cc1ccsc1NC(=O)C[NH+]1CCN(c2ccc(F)cc2)CC1. The highest BCUT2D eigenvalue weighted by Crippen LogP contribution is 2.21. The lowest BCUT2D eigenvalue weighted by atomic mass is 10.2. The molecule has 5 nitrogen and oxygen atoms in total. The summed E-state index contributed by atoms with van der Waals surface area (Å²) in [6.07, 6.45) is 0. The van der Waals surface area contributed by atoms with Crippen LogP contribution in [-0.4, -0.2) is 38.6 Å². The molecule has 2 heterocycles. The maximum Gasteiger partial charge on any atom is 0.280 e. The quantitative estimate of drug-likeness (QED) is 0.872. The number of nitrogens with zero attached hydrogens (tertiary/aromatic N) is 2. The normalized spacial score (nSPS) is 15.1. The Balaban J connectivity index is 1.49. The summed E-state index contributed by atoms with van der Waals surface area (Å²) in [5, 5.41) is 14.2. The summed E-state index contributed by atoms with van der Waals surface area (Å²) < 4.78 is 13.0. The first-order valence-corrected chi connectivity index (χ1v) is 8.65. The fraction of sp³-hybridized carbons (Fsp3) is 0.294. The van der Waals surface area contributed by atoms with E-state index in [9.17, 15) is 9.18 Å². The average molecular weight is 345 g/mol. The smallest absolute Gasteiger partial charge is 0.280 e. The highest BCUT2D eigenvalue weighted by molar-refractivity contribution is 7.14. The van der Waals surface area contributed by atoms with Crippen LogP contribution in [-0.2, 0) is 4.79 Å². The van der Waals surface area contributed by atoms with E-state index in [1.807, 2.05) is 0 Å². The molecular formula is C17H18FN4OS+. The molecule has 7 heteroatoms. The number of rotatable bonds is 4. The number of hydrogen-bond donors (Lipinski definition) is 2. The number of thiophene rings is 1. The van der Waals surface area contributed by atoms with Crippen molar-refractivity contribution in [2.75, 3.05) is 42.9 Å². The Bertz CT molecular complexity index is 745. The van der Waals surface area contributed by atoms with E-state index in [1.54, 1.807) is 23.6 Å². The molecule has 1 aromatic carbocycles. The summed E-state index contributed by atoms with van der Waals surface area (Å²) in [5.41, 5.74) is 1.52. The van der Waals surface area contributed by atoms with Crippen LogP contribution >= 0.6 is 11.3 Å². The van der Waals surface area contributed by atoms with Gasteiger partial charge in [0.2, 0.25) is 0 Å². The summed E-state index contributed by atoms with van der Waals surface area (Å²) in [7, 11) is 0. The van der Waals surface area contributed by atoms with Gasteiger partial charge in [-0.3, -0.25) is 4.79 Å². The largest absolute Gasteiger partial charge is 0.360 e. The topological polar surface area (TPSA) is 60.6 Å². The zero-order valence-electron chi connectivity index (χ0n) is 13.1. The number of quaternary nitrogens is 1. The molecule has 1 fully saturated rings. The van der Waals surface area contributed by atoms with Gasteiger partial charge in [0.25, 0.3) is 5.91 Å². The van der Waals surface area contributed by atoms with Gasteiger partial charge in [0, 0.05) is 5.69 Å². The van der Waals surface area contributed by atoms with Gasteiger partial charge in [0.05, 0.1) is 31.7 Å². The number of anilines is 2. The minimum atomic E-state index is -0.231. The Labute approximate surface area is 143 Å². The summed E-state index contributed by atoms with van der Waals surface area (Å²) in [6, 6.07) is 10.3. The van der Waals surface area contributed by atoms with E-state index >= 15 is 0 Å². The first-order chi connectivity index (χ1) is 11.7. The second-order valence-corrected chi connectivity index (χ2v) is 6.63. The van der Waals surface area contributed by atoms with Gasteiger partial charge in [0.1, 0.15) is 16.9 Å². The summed E-state index contributed by atoms with van der Waals surface area (Å²) in [5.74, 6) is -0.302. The lowest BCUT2D eigenvalue weighted by molar-refractivity contribution is -0.892. The Morgan fingerprint density at radius 3 is 2.67 bits per heavy atom. The van der Waals surface area contributed by atoms with E-state index in [1.165, 1.54) is 28.4 Å². The fourth-order valence-corrected chi connectivity index (χ4v) is 3.56. The number of benzene rings is 1. The van der Waals surface area contributed by atoms with Crippen LogP contribution in [0.5, 0.6) is 0 Å². The van der Waals surface area contributed by atoms with Gasteiger partial charge in [-0.1, -0.05) is 0 Å². The zero-order chi connectivity index (χ0) is 16.9. The monoisotopic (exact) mass is 345 g/mol. The van der Waals surface area contributed by atoms with Crippen molar-refractivity contribution in [3.63, 3.8) is 0 Å². The van der Waals surface area contributed by atoms with Crippen LogP contribution in [0.15, 0.2) is 35.7 Å². The number of nitrogens with one attached hydrogen (secondary N) is 2. The van der Waals surface area contributed by atoms with Gasteiger partial charge in [-0.25, -0.2) is 4.39 Å². The molecule has 0 unspecified atom stereocenters. The van der Waals surface area contributed by atoms with Crippen LogP contribution in [0.4, 0.5) is 15.1 Å². The molecular weight excluding hydrogens is 327 g/mol. The lowest BCUT2D eigenvalue weighted by Crippen LogP contribution is -3.15. The predicted octanol–water partition coefficient (Wildman–Crippen LogP) is 1.10. The first-order valence-electron chi connectivity index (χ1n) is 7.77. The molecule has 0 bridgehead atoms. The molecule has 1 aliphatic heterocycles. The van der Waals surface area contributed by atoms with Gasteiger partial charge in [0.15, 0.2) is 6.54 Å². The van der Waals surface area contributed by atoms with Gasteiger partial charge in [-0.2, -0.15) is 5.26 Å². The van der Waals surface area contributed by atoms with E-state index in [-0.39, 0.29) is 11.7 Å². The average Bonchev–Trinajstić information content (AvgIpc) is 3.03. The number of nitriles is 1. The molecule has 1 aliphatic rings. The second-order valence-electron chi connectivity index (χ2n) is 5.71. The third kappa shape index (κ3) is 3.91. The van der Waals surface area contributed by atoms with Crippen LogP contribution in [0.25, 0.3) is 0 Å². The molecule has 0 spiro atoms. The summed E-state index contributed by atoms with van der Waals surface area (Å²) in [6.45, 7) is 3.74. The van der Waals surface area contributed by atoms with Gasteiger partial charge in [-0.05, 0) is 35.7 Å². The highest BCUT2D eigenvalue weighted by Gasteiger charge is 2.22. The van der Waals surface area contributed by atoms with E-state index in [4.69, 9.17) is 5.26 Å². The second kappa shape index (κ2) is 7.43. The summed E-state index contributed by atoms with van der Waals surface area (Å²) >= 11 is 1.36. The maximum absolute atomic E-state index is 13.0. The van der Waals surface area contributed by atoms with Crippen LogP contribution in [0.1, 0.15) is 5.56 Å². The molecule has 2 N–H and O–H groups in total. The Hall–Kier alpha value is -2.43. The minimum Gasteiger partial charge on any atom is -0.360 e. The van der Waals surface area contributed by atoms with Crippen molar-refractivity contribution in [3.05, 3.63) is 47.1 Å². The number of amides is 1. The van der Waals surface area contributed by atoms with Gasteiger partial charge in [-0.15, -0.1) is 11.3 Å². The molecule has 0 atom stereocenters. The molecule has 2 aromatic rings. The first kappa shape index (κ1) is 16.4.